The molecule has 0 aliphatic rings. The van der Waals surface area contributed by atoms with E-state index in [4.69, 9.17) is 21.3 Å². The van der Waals surface area contributed by atoms with E-state index in [-0.39, 0.29) is 18.5 Å². The van der Waals surface area contributed by atoms with E-state index in [1.807, 2.05) is 43.5 Å². The number of anilines is 2. The Kier molecular flexibility index (Phi) is 9.79. The Labute approximate surface area is 266 Å². The zero-order chi connectivity index (χ0) is 31.4. The smallest absolute Gasteiger partial charge is 0.217 e. The predicted octanol–water partition coefficient (Wildman–Crippen LogP) is 8.38. The fraction of sp³-hybridized carbons (Fsp3) is 0.281. The molecule has 0 bridgehead atoms. The number of ether oxygens (including phenoxy) is 1. The molecule has 3 aromatic carbocycles. The van der Waals surface area contributed by atoms with Crippen molar-refractivity contribution in [1.29, 1.82) is 0 Å². The van der Waals surface area contributed by atoms with Crippen LogP contribution in [0.3, 0.4) is 0 Å². The van der Waals surface area contributed by atoms with E-state index in [0.29, 0.717) is 40.8 Å². The summed E-state index contributed by atoms with van der Waals surface area (Å²) in [5.41, 5.74) is 3.76. The van der Waals surface area contributed by atoms with Crippen LogP contribution in [-0.4, -0.2) is 39.5 Å². The monoisotopic (exact) mass is 653 g/mol. The van der Waals surface area contributed by atoms with Gasteiger partial charge in [0.1, 0.15) is 35.3 Å². The topological polar surface area (TPSA) is 97.3 Å². The molecule has 44 heavy (non-hydrogen) atoms. The van der Waals surface area contributed by atoms with Gasteiger partial charge in [0.15, 0.2) is 0 Å². The number of nitrogens with one attached hydrogen (secondary N) is 1. The van der Waals surface area contributed by atoms with Gasteiger partial charge in [-0.25, -0.2) is 27.8 Å². The van der Waals surface area contributed by atoms with E-state index in [0.717, 1.165) is 27.2 Å². The zero-order valence-electron chi connectivity index (χ0n) is 24.8. The molecular formula is C32H33ClFN5O3S2. The highest BCUT2D eigenvalue weighted by atomic mass is 35.5. The molecule has 0 amide bonds. The van der Waals surface area contributed by atoms with E-state index in [1.165, 1.54) is 29.8 Å². The van der Waals surface area contributed by atoms with Crippen LogP contribution in [0.25, 0.3) is 22.2 Å². The number of nitrogens with zero attached hydrogens (tertiary/aromatic N) is 4. The summed E-state index contributed by atoms with van der Waals surface area (Å²) in [4.78, 5) is 13.8. The third-order valence-corrected chi connectivity index (χ3v) is 10.8. The van der Waals surface area contributed by atoms with Crippen molar-refractivity contribution >= 4 is 55.4 Å². The van der Waals surface area contributed by atoms with Crippen molar-refractivity contribution in [1.82, 2.24) is 19.3 Å². The van der Waals surface area contributed by atoms with Crippen LogP contribution in [0.1, 0.15) is 50.7 Å². The number of benzene rings is 3. The van der Waals surface area contributed by atoms with Crippen LogP contribution in [0.2, 0.25) is 5.02 Å². The number of hydrogen-bond acceptors (Lipinski definition) is 8. The normalized spacial score (nSPS) is 12.6. The van der Waals surface area contributed by atoms with Crippen molar-refractivity contribution in [3.05, 3.63) is 93.8 Å². The Morgan fingerprint density at radius 1 is 1.07 bits per heavy atom. The number of rotatable bonds is 12. The van der Waals surface area contributed by atoms with Gasteiger partial charge >= 0.3 is 0 Å². The summed E-state index contributed by atoms with van der Waals surface area (Å²) >= 11 is 7.97. The number of thiazole rings is 1. The molecule has 2 heterocycles. The summed E-state index contributed by atoms with van der Waals surface area (Å²) in [6.07, 6.45) is 2.10. The summed E-state index contributed by atoms with van der Waals surface area (Å²) in [5, 5.41) is 6.70. The maximum Gasteiger partial charge on any atom is 0.217 e. The van der Waals surface area contributed by atoms with E-state index >= 15 is 0 Å². The summed E-state index contributed by atoms with van der Waals surface area (Å²) in [7, 11) is -3.45. The van der Waals surface area contributed by atoms with Gasteiger partial charge in [0.05, 0.1) is 27.5 Å². The second kappa shape index (κ2) is 13.6. The van der Waals surface area contributed by atoms with Crippen LogP contribution in [0.5, 0.6) is 5.75 Å². The predicted molar refractivity (Wildman–Crippen MR) is 176 cm³/mol. The van der Waals surface area contributed by atoms with Crippen molar-refractivity contribution in [3.63, 3.8) is 0 Å². The molecule has 8 nitrogen and oxygen atoms in total. The average Bonchev–Trinajstić information content (AvgIpc) is 3.49. The molecular weight excluding hydrogens is 621 g/mol. The minimum Gasteiger partial charge on any atom is -0.487 e. The Hall–Kier alpha value is -3.64. The minimum atomic E-state index is -3.45. The molecule has 0 saturated carbocycles. The Morgan fingerprint density at radius 2 is 1.89 bits per heavy atom. The van der Waals surface area contributed by atoms with Crippen LogP contribution in [0, 0.1) is 5.82 Å². The van der Waals surface area contributed by atoms with Crippen LogP contribution in [0.15, 0.2) is 72.4 Å². The standard InChI is InChI=1S/C32H33ClFN5O3S2/c1-5-29(39(6-2)44(40,41)20(3)4)32-38-28(18-43-32)22-10-12-27-25(15-22)31(36-19-35-27)37-24-11-13-30(26(33)16-24)42-17-21-8-7-9-23(34)14-21/h7-16,18-20,29H,5-6,17H2,1-4H3,(H,35,36,37). The third-order valence-electron chi connectivity index (χ3n) is 7.18. The van der Waals surface area contributed by atoms with Crippen molar-refractivity contribution in [2.75, 3.05) is 11.9 Å². The molecule has 0 spiro atoms. The first-order valence-electron chi connectivity index (χ1n) is 14.3. The second-order valence-corrected chi connectivity index (χ2v) is 14.2. The molecule has 12 heteroatoms. The lowest BCUT2D eigenvalue weighted by Crippen LogP contribution is -2.39. The van der Waals surface area contributed by atoms with Crippen molar-refractivity contribution in [2.24, 2.45) is 0 Å². The molecule has 5 rings (SSSR count). The summed E-state index contributed by atoms with van der Waals surface area (Å²) in [6.45, 7) is 7.80. The van der Waals surface area contributed by atoms with Gasteiger partial charge in [0, 0.05) is 28.6 Å². The van der Waals surface area contributed by atoms with Crippen molar-refractivity contribution in [3.8, 4) is 17.0 Å². The highest BCUT2D eigenvalue weighted by Gasteiger charge is 2.32. The van der Waals surface area contributed by atoms with Crippen LogP contribution < -0.4 is 10.1 Å². The lowest BCUT2D eigenvalue weighted by atomic mass is 10.1. The van der Waals surface area contributed by atoms with E-state index in [9.17, 15) is 12.8 Å². The highest BCUT2D eigenvalue weighted by Crippen LogP contribution is 2.35. The van der Waals surface area contributed by atoms with Gasteiger partial charge in [-0.1, -0.05) is 43.6 Å². The van der Waals surface area contributed by atoms with E-state index in [2.05, 4.69) is 15.3 Å². The van der Waals surface area contributed by atoms with Crippen molar-refractivity contribution < 1.29 is 17.5 Å². The van der Waals surface area contributed by atoms with Crippen LogP contribution >= 0.6 is 22.9 Å². The van der Waals surface area contributed by atoms with E-state index < -0.39 is 15.3 Å². The van der Waals surface area contributed by atoms with Crippen LogP contribution in [0.4, 0.5) is 15.9 Å². The number of sulfonamides is 1. The number of halogens is 2. The van der Waals surface area contributed by atoms with Gasteiger partial charge in [-0.3, -0.25) is 0 Å². The fourth-order valence-electron chi connectivity index (χ4n) is 4.86. The van der Waals surface area contributed by atoms with Gasteiger partial charge < -0.3 is 10.1 Å². The van der Waals surface area contributed by atoms with Gasteiger partial charge in [0.2, 0.25) is 10.0 Å². The quantitative estimate of drug-likeness (QED) is 0.144. The SMILES string of the molecule is CCC(c1nc(-c2ccc3ncnc(Nc4ccc(OCc5cccc(F)c5)c(Cl)c4)c3c2)cs1)N(CC)S(=O)(=O)C(C)C. The summed E-state index contributed by atoms with van der Waals surface area (Å²) in [6, 6.07) is 17.0. The first-order valence-corrected chi connectivity index (χ1v) is 17.0. The largest absolute Gasteiger partial charge is 0.487 e. The fourth-order valence-corrected chi connectivity index (χ4v) is 7.69. The van der Waals surface area contributed by atoms with Crippen molar-refractivity contribution in [2.45, 2.75) is 52.0 Å². The third kappa shape index (κ3) is 6.86. The van der Waals surface area contributed by atoms with Gasteiger partial charge in [0.25, 0.3) is 0 Å². The molecule has 0 aliphatic heterocycles. The lowest BCUT2D eigenvalue weighted by molar-refractivity contribution is 0.306. The van der Waals surface area contributed by atoms with Gasteiger partial charge in [-0.2, -0.15) is 4.31 Å². The molecule has 230 valence electrons. The zero-order valence-corrected chi connectivity index (χ0v) is 27.2. The molecule has 0 fully saturated rings. The Balaban J connectivity index is 1.38. The molecule has 0 aliphatic carbocycles. The highest BCUT2D eigenvalue weighted by molar-refractivity contribution is 7.89. The molecule has 2 aromatic heterocycles. The van der Waals surface area contributed by atoms with Crippen LogP contribution in [-0.2, 0) is 16.6 Å². The summed E-state index contributed by atoms with van der Waals surface area (Å²) < 4.78 is 46.9. The Bertz CT molecular complexity index is 1880. The first kappa shape index (κ1) is 31.8. The molecule has 0 radical (unpaired) electrons. The molecule has 1 N–H and O–H groups in total. The number of aromatic nitrogens is 3. The lowest BCUT2D eigenvalue weighted by Gasteiger charge is -2.29. The number of hydrogen-bond donors (Lipinski definition) is 1. The summed E-state index contributed by atoms with van der Waals surface area (Å²) in [5.74, 6) is 0.741. The van der Waals surface area contributed by atoms with Gasteiger partial charge in [-0.05, 0) is 68.3 Å². The first-order chi connectivity index (χ1) is 21.1. The maximum absolute atomic E-state index is 13.5. The van der Waals surface area contributed by atoms with E-state index in [1.54, 1.807) is 42.4 Å². The Morgan fingerprint density at radius 3 is 2.59 bits per heavy atom. The molecule has 1 unspecified atom stereocenters. The maximum atomic E-state index is 13.5. The average molecular weight is 654 g/mol. The minimum absolute atomic E-state index is 0.185. The second-order valence-electron chi connectivity index (χ2n) is 10.4. The molecule has 5 aromatic rings. The molecule has 1 atom stereocenters. The van der Waals surface area contributed by atoms with Gasteiger partial charge in [-0.15, -0.1) is 11.3 Å². The molecule has 0 saturated heterocycles. The number of fused-ring (bicyclic) bond motifs is 1.